The van der Waals surface area contributed by atoms with Crippen LogP contribution in [-0.4, -0.2) is 31.7 Å². The molecule has 1 unspecified atom stereocenters. The Balaban J connectivity index is 1.88. The first-order chi connectivity index (χ1) is 6.86. The normalized spacial score (nSPS) is 22.1. The van der Waals surface area contributed by atoms with Gasteiger partial charge in [0.15, 0.2) is 5.78 Å². The minimum absolute atomic E-state index is 0.0473. The average Bonchev–Trinajstić information content (AvgIpc) is 2.72. The van der Waals surface area contributed by atoms with Gasteiger partial charge in [-0.25, -0.2) is 0 Å². The van der Waals surface area contributed by atoms with Crippen molar-refractivity contribution in [3.05, 3.63) is 24.2 Å². The fourth-order valence-corrected chi connectivity index (χ4v) is 1.38. The summed E-state index contributed by atoms with van der Waals surface area (Å²) < 4.78 is 15.3. The number of ketones is 1. The maximum absolute atomic E-state index is 11.6. The second-order valence-electron chi connectivity index (χ2n) is 3.21. The Morgan fingerprint density at radius 2 is 2.43 bits per heavy atom. The van der Waals surface area contributed by atoms with Gasteiger partial charge in [-0.15, -0.1) is 0 Å². The van der Waals surface area contributed by atoms with Crippen molar-refractivity contribution < 1.29 is 18.7 Å². The third-order valence-corrected chi connectivity index (χ3v) is 2.13. The van der Waals surface area contributed by atoms with Gasteiger partial charge in [0, 0.05) is 6.42 Å². The number of ether oxygens (including phenoxy) is 2. The van der Waals surface area contributed by atoms with E-state index in [1.54, 1.807) is 18.6 Å². The van der Waals surface area contributed by atoms with Gasteiger partial charge in [0.05, 0.1) is 32.3 Å². The Bertz CT molecular complexity index is 285. The van der Waals surface area contributed by atoms with E-state index in [1.807, 2.05) is 0 Å². The van der Waals surface area contributed by atoms with Crippen LogP contribution in [-0.2, 0) is 20.7 Å². The fourth-order valence-electron chi connectivity index (χ4n) is 1.38. The fraction of sp³-hybridized carbons (Fsp3) is 0.500. The molecule has 0 aromatic carbocycles. The molecule has 2 heterocycles. The Morgan fingerprint density at radius 3 is 3.07 bits per heavy atom. The molecule has 4 heteroatoms. The van der Waals surface area contributed by atoms with Gasteiger partial charge in [-0.3, -0.25) is 4.79 Å². The molecular weight excluding hydrogens is 184 g/mol. The van der Waals surface area contributed by atoms with Crippen LogP contribution in [0.3, 0.4) is 0 Å². The summed E-state index contributed by atoms with van der Waals surface area (Å²) >= 11 is 0. The van der Waals surface area contributed by atoms with Crippen LogP contribution in [0.5, 0.6) is 0 Å². The van der Waals surface area contributed by atoms with Crippen molar-refractivity contribution in [1.82, 2.24) is 0 Å². The summed E-state index contributed by atoms with van der Waals surface area (Å²) in [6.45, 7) is 1.45. The van der Waals surface area contributed by atoms with Crippen LogP contribution >= 0.6 is 0 Å². The van der Waals surface area contributed by atoms with Crippen LogP contribution < -0.4 is 0 Å². The first-order valence-electron chi connectivity index (χ1n) is 4.59. The molecule has 1 aromatic rings. The minimum Gasteiger partial charge on any atom is -0.472 e. The van der Waals surface area contributed by atoms with E-state index in [-0.39, 0.29) is 5.78 Å². The predicted octanol–water partition coefficient (Wildman–Crippen LogP) is 0.807. The molecule has 0 N–H and O–H groups in total. The molecule has 0 amide bonds. The van der Waals surface area contributed by atoms with Crippen molar-refractivity contribution in [2.75, 3.05) is 19.8 Å². The third-order valence-electron chi connectivity index (χ3n) is 2.13. The van der Waals surface area contributed by atoms with Gasteiger partial charge in [0.25, 0.3) is 0 Å². The zero-order valence-electron chi connectivity index (χ0n) is 7.77. The number of Topliss-reactive ketones (excluding diaryl/α,β-unsaturated/α-hetero) is 1. The predicted molar refractivity (Wildman–Crippen MR) is 48.0 cm³/mol. The average molecular weight is 196 g/mol. The van der Waals surface area contributed by atoms with Gasteiger partial charge < -0.3 is 13.9 Å². The first-order valence-corrected chi connectivity index (χ1v) is 4.59. The second-order valence-corrected chi connectivity index (χ2v) is 3.21. The quantitative estimate of drug-likeness (QED) is 0.717. The van der Waals surface area contributed by atoms with Crippen LogP contribution in [0.25, 0.3) is 0 Å². The summed E-state index contributed by atoms with van der Waals surface area (Å²) in [7, 11) is 0. The highest BCUT2D eigenvalue weighted by atomic mass is 16.6. The van der Waals surface area contributed by atoms with Crippen molar-refractivity contribution in [2.24, 2.45) is 0 Å². The topological polar surface area (TPSA) is 48.7 Å². The second kappa shape index (κ2) is 4.39. The maximum atomic E-state index is 11.6. The Kier molecular flexibility index (Phi) is 2.96. The number of carbonyl (C=O) groups is 1. The molecule has 2 rings (SSSR count). The molecular formula is C10H12O4. The lowest BCUT2D eigenvalue weighted by Gasteiger charge is -2.21. The molecule has 1 aliphatic heterocycles. The molecule has 0 bridgehead atoms. The van der Waals surface area contributed by atoms with Crippen LogP contribution in [0.2, 0.25) is 0 Å². The van der Waals surface area contributed by atoms with Gasteiger partial charge >= 0.3 is 0 Å². The molecule has 0 aliphatic carbocycles. The zero-order valence-corrected chi connectivity index (χ0v) is 7.77. The largest absolute Gasteiger partial charge is 0.472 e. The van der Waals surface area contributed by atoms with Crippen LogP contribution in [0.15, 0.2) is 23.0 Å². The summed E-state index contributed by atoms with van der Waals surface area (Å²) in [4.78, 5) is 11.6. The molecule has 0 radical (unpaired) electrons. The first kappa shape index (κ1) is 9.43. The Hall–Kier alpha value is -1.13. The summed E-state index contributed by atoms with van der Waals surface area (Å²) in [6, 6.07) is 1.78. The standard InChI is InChI=1S/C10H12O4/c11-9(5-8-1-2-12-6-8)10-7-13-3-4-14-10/h1-2,6,10H,3-5,7H2. The lowest BCUT2D eigenvalue weighted by atomic mass is 10.1. The number of furan rings is 1. The Labute approximate surface area is 81.8 Å². The molecule has 4 nitrogen and oxygen atoms in total. The van der Waals surface area contributed by atoms with Crippen molar-refractivity contribution in [3.63, 3.8) is 0 Å². The van der Waals surface area contributed by atoms with Crippen LogP contribution in [0.4, 0.5) is 0 Å². The van der Waals surface area contributed by atoms with Gasteiger partial charge in [-0.05, 0) is 11.6 Å². The smallest absolute Gasteiger partial charge is 0.168 e. The Morgan fingerprint density at radius 1 is 1.50 bits per heavy atom. The summed E-state index contributed by atoms with van der Waals surface area (Å²) in [5.74, 6) is 0.0473. The zero-order chi connectivity index (χ0) is 9.80. The molecule has 0 saturated carbocycles. The van der Waals surface area contributed by atoms with Gasteiger partial charge in [-0.1, -0.05) is 0 Å². The molecule has 0 spiro atoms. The highest BCUT2D eigenvalue weighted by Gasteiger charge is 2.22. The van der Waals surface area contributed by atoms with Crippen molar-refractivity contribution in [1.29, 1.82) is 0 Å². The van der Waals surface area contributed by atoms with Crippen LogP contribution in [0, 0.1) is 0 Å². The summed E-state index contributed by atoms with van der Waals surface area (Å²) in [5, 5.41) is 0. The van der Waals surface area contributed by atoms with E-state index in [4.69, 9.17) is 13.9 Å². The SMILES string of the molecule is O=C(Cc1ccoc1)C1COCCO1. The van der Waals surface area contributed by atoms with E-state index in [2.05, 4.69) is 0 Å². The molecule has 1 aliphatic rings. The van der Waals surface area contributed by atoms with E-state index >= 15 is 0 Å². The monoisotopic (exact) mass is 196 g/mol. The maximum Gasteiger partial charge on any atom is 0.168 e. The van der Waals surface area contributed by atoms with Crippen LogP contribution in [0.1, 0.15) is 5.56 Å². The van der Waals surface area contributed by atoms with Gasteiger partial charge in [0.1, 0.15) is 6.10 Å². The molecule has 1 fully saturated rings. The van der Waals surface area contributed by atoms with Crippen molar-refractivity contribution in [3.8, 4) is 0 Å². The lowest BCUT2D eigenvalue weighted by molar-refractivity contribution is -0.144. The minimum atomic E-state index is -0.404. The number of hydrogen-bond donors (Lipinski definition) is 0. The number of rotatable bonds is 3. The van der Waals surface area contributed by atoms with E-state index in [0.29, 0.717) is 26.2 Å². The van der Waals surface area contributed by atoms with E-state index in [1.165, 1.54) is 0 Å². The molecule has 76 valence electrons. The molecule has 1 saturated heterocycles. The van der Waals surface area contributed by atoms with E-state index < -0.39 is 6.10 Å². The van der Waals surface area contributed by atoms with E-state index in [9.17, 15) is 4.79 Å². The van der Waals surface area contributed by atoms with Crippen molar-refractivity contribution >= 4 is 5.78 Å². The molecule has 1 atom stereocenters. The number of carbonyl (C=O) groups excluding carboxylic acids is 1. The van der Waals surface area contributed by atoms with E-state index in [0.717, 1.165) is 5.56 Å². The summed E-state index contributed by atoms with van der Waals surface area (Å²) in [6.07, 6.45) is 3.08. The third kappa shape index (κ3) is 2.21. The van der Waals surface area contributed by atoms with Crippen molar-refractivity contribution in [2.45, 2.75) is 12.5 Å². The highest BCUT2D eigenvalue weighted by molar-refractivity contribution is 5.85. The molecule has 1 aromatic heterocycles. The summed E-state index contributed by atoms with van der Waals surface area (Å²) in [5.41, 5.74) is 0.879. The van der Waals surface area contributed by atoms with Gasteiger partial charge in [0.2, 0.25) is 0 Å². The lowest BCUT2D eigenvalue weighted by Crippen LogP contribution is -2.36. The highest BCUT2D eigenvalue weighted by Crippen LogP contribution is 2.08. The van der Waals surface area contributed by atoms with Gasteiger partial charge in [-0.2, -0.15) is 0 Å². The number of hydrogen-bond acceptors (Lipinski definition) is 4. The molecule has 14 heavy (non-hydrogen) atoms.